The van der Waals surface area contributed by atoms with Gasteiger partial charge in [0.25, 0.3) is 0 Å². The maximum Gasteiger partial charge on any atom is 0.310 e. The maximum absolute atomic E-state index is 11.4. The number of nitrogens with one attached hydrogen (secondary N) is 1. The van der Waals surface area contributed by atoms with Crippen LogP contribution in [0.5, 0.6) is 0 Å². The topological polar surface area (TPSA) is 88.2 Å². The molecule has 1 aliphatic heterocycles. The van der Waals surface area contributed by atoms with Gasteiger partial charge in [0, 0.05) is 6.42 Å². The summed E-state index contributed by atoms with van der Waals surface area (Å²) >= 11 is 0. The lowest BCUT2D eigenvalue weighted by atomic mass is 9.75. The Labute approximate surface area is 93.0 Å². The third kappa shape index (κ3) is 1.92. The molecule has 0 aromatic carbocycles. The SMILES string of the molecule is Cc1nonc1CC1(C(=O)O)CCNCC1. The van der Waals surface area contributed by atoms with Crippen molar-refractivity contribution < 1.29 is 14.5 Å². The molecule has 0 atom stereocenters. The van der Waals surface area contributed by atoms with Crippen LogP contribution in [0.1, 0.15) is 24.2 Å². The molecule has 16 heavy (non-hydrogen) atoms. The van der Waals surface area contributed by atoms with Crippen LogP contribution in [-0.4, -0.2) is 34.5 Å². The van der Waals surface area contributed by atoms with E-state index < -0.39 is 11.4 Å². The Morgan fingerprint density at radius 1 is 1.50 bits per heavy atom. The zero-order valence-electron chi connectivity index (χ0n) is 9.19. The lowest BCUT2D eigenvalue weighted by molar-refractivity contribution is -0.150. The molecular formula is C10H15N3O3. The van der Waals surface area contributed by atoms with Crippen molar-refractivity contribution in [1.29, 1.82) is 0 Å². The number of carbonyl (C=O) groups is 1. The Bertz CT molecular complexity index is 382. The van der Waals surface area contributed by atoms with Gasteiger partial charge in [-0.05, 0) is 32.9 Å². The van der Waals surface area contributed by atoms with Crippen LogP contribution in [0.4, 0.5) is 0 Å². The van der Waals surface area contributed by atoms with Gasteiger partial charge in [0.15, 0.2) is 0 Å². The second kappa shape index (κ2) is 4.21. The number of carboxylic acids is 1. The zero-order valence-corrected chi connectivity index (χ0v) is 9.19. The van der Waals surface area contributed by atoms with Crippen molar-refractivity contribution in [1.82, 2.24) is 15.6 Å². The quantitative estimate of drug-likeness (QED) is 0.773. The monoisotopic (exact) mass is 225 g/mol. The van der Waals surface area contributed by atoms with Crippen LogP contribution in [0.3, 0.4) is 0 Å². The van der Waals surface area contributed by atoms with Crippen molar-refractivity contribution in [2.24, 2.45) is 5.41 Å². The van der Waals surface area contributed by atoms with E-state index in [1.54, 1.807) is 6.92 Å². The van der Waals surface area contributed by atoms with Crippen LogP contribution in [-0.2, 0) is 11.2 Å². The van der Waals surface area contributed by atoms with Gasteiger partial charge in [0.1, 0.15) is 11.4 Å². The fourth-order valence-electron chi connectivity index (χ4n) is 2.10. The highest BCUT2D eigenvalue weighted by atomic mass is 16.6. The Kier molecular flexibility index (Phi) is 2.91. The normalized spacial score (nSPS) is 19.6. The van der Waals surface area contributed by atoms with E-state index in [0.717, 1.165) is 13.1 Å². The van der Waals surface area contributed by atoms with Gasteiger partial charge in [-0.25, -0.2) is 4.63 Å². The fourth-order valence-corrected chi connectivity index (χ4v) is 2.10. The molecule has 1 aromatic heterocycles. The maximum atomic E-state index is 11.4. The summed E-state index contributed by atoms with van der Waals surface area (Å²) in [6, 6.07) is 0. The minimum absolute atomic E-state index is 0.402. The molecule has 2 heterocycles. The summed E-state index contributed by atoms with van der Waals surface area (Å²) in [5, 5.41) is 20.0. The Morgan fingerprint density at radius 3 is 2.69 bits per heavy atom. The summed E-state index contributed by atoms with van der Waals surface area (Å²) in [4.78, 5) is 11.4. The second-order valence-electron chi connectivity index (χ2n) is 4.31. The van der Waals surface area contributed by atoms with Crippen LogP contribution < -0.4 is 5.32 Å². The molecule has 0 aliphatic carbocycles. The van der Waals surface area contributed by atoms with Gasteiger partial charge in [-0.15, -0.1) is 0 Å². The molecule has 1 aromatic rings. The lowest BCUT2D eigenvalue weighted by Gasteiger charge is -2.32. The van der Waals surface area contributed by atoms with Crippen LogP contribution >= 0.6 is 0 Å². The Balaban J connectivity index is 2.20. The van der Waals surface area contributed by atoms with Gasteiger partial charge in [0.05, 0.1) is 5.41 Å². The average molecular weight is 225 g/mol. The molecular weight excluding hydrogens is 210 g/mol. The van der Waals surface area contributed by atoms with E-state index in [-0.39, 0.29) is 0 Å². The summed E-state index contributed by atoms with van der Waals surface area (Å²) in [5.74, 6) is -0.753. The fraction of sp³-hybridized carbons (Fsp3) is 0.700. The largest absolute Gasteiger partial charge is 0.481 e. The summed E-state index contributed by atoms with van der Waals surface area (Å²) in [6.07, 6.45) is 1.64. The van der Waals surface area contributed by atoms with Crippen LogP contribution in [0.2, 0.25) is 0 Å². The van der Waals surface area contributed by atoms with Crippen molar-refractivity contribution >= 4 is 5.97 Å². The van der Waals surface area contributed by atoms with Gasteiger partial charge in [-0.2, -0.15) is 0 Å². The first kappa shape index (κ1) is 11.1. The number of nitrogens with zero attached hydrogens (tertiary/aromatic N) is 2. The smallest absolute Gasteiger partial charge is 0.310 e. The van der Waals surface area contributed by atoms with Crippen molar-refractivity contribution in [3.63, 3.8) is 0 Å². The molecule has 0 radical (unpaired) electrons. The first-order valence-corrected chi connectivity index (χ1v) is 5.36. The first-order valence-electron chi connectivity index (χ1n) is 5.36. The Hall–Kier alpha value is -1.43. The summed E-state index contributed by atoms with van der Waals surface area (Å²) in [5.41, 5.74) is 0.623. The summed E-state index contributed by atoms with van der Waals surface area (Å²) < 4.78 is 4.60. The third-order valence-corrected chi connectivity index (χ3v) is 3.27. The number of aromatic nitrogens is 2. The standard InChI is InChI=1S/C10H15N3O3/c1-7-8(13-16-12-7)6-10(9(14)15)2-4-11-5-3-10/h11H,2-6H2,1H3,(H,14,15). The second-order valence-corrected chi connectivity index (χ2v) is 4.31. The molecule has 2 N–H and O–H groups in total. The summed E-state index contributed by atoms with van der Waals surface area (Å²) in [6.45, 7) is 3.25. The predicted octanol–water partition coefficient (Wildman–Crippen LogP) is 0.375. The van der Waals surface area contributed by atoms with Crippen molar-refractivity contribution in [2.45, 2.75) is 26.2 Å². The molecule has 0 unspecified atom stereocenters. The van der Waals surface area contributed by atoms with Gasteiger partial charge in [0.2, 0.25) is 0 Å². The van der Waals surface area contributed by atoms with Crippen molar-refractivity contribution in [2.75, 3.05) is 13.1 Å². The van der Waals surface area contributed by atoms with Crippen molar-refractivity contribution in [3.05, 3.63) is 11.4 Å². The highest BCUT2D eigenvalue weighted by Crippen LogP contribution is 2.33. The van der Waals surface area contributed by atoms with Crippen LogP contribution in [0.15, 0.2) is 4.63 Å². The van der Waals surface area contributed by atoms with Gasteiger partial charge >= 0.3 is 5.97 Å². The zero-order chi connectivity index (χ0) is 11.6. The number of hydrogen-bond donors (Lipinski definition) is 2. The minimum Gasteiger partial charge on any atom is -0.481 e. The predicted molar refractivity (Wildman–Crippen MR) is 54.9 cm³/mol. The van der Waals surface area contributed by atoms with Crippen LogP contribution in [0, 0.1) is 12.3 Å². The number of aliphatic carboxylic acids is 1. The molecule has 1 saturated heterocycles. The number of piperidine rings is 1. The van der Waals surface area contributed by atoms with Crippen molar-refractivity contribution in [3.8, 4) is 0 Å². The number of aryl methyl sites for hydroxylation is 1. The van der Waals surface area contributed by atoms with E-state index in [1.165, 1.54) is 0 Å². The van der Waals surface area contributed by atoms with Gasteiger partial charge < -0.3 is 10.4 Å². The molecule has 1 aliphatic rings. The van der Waals surface area contributed by atoms with E-state index in [1.807, 2.05) is 0 Å². The number of hydrogen-bond acceptors (Lipinski definition) is 5. The van der Waals surface area contributed by atoms with Gasteiger partial charge in [-0.1, -0.05) is 10.3 Å². The van der Waals surface area contributed by atoms with E-state index in [4.69, 9.17) is 0 Å². The number of rotatable bonds is 3. The molecule has 0 saturated carbocycles. The summed E-state index contributed by atoms with van der Waals surface area (Å²) in [7, 11) is 0. The highest BCUT2D eigenvalue weighted by Gasteiger charge is 2.40. The molecule has 6 nitrogen and oxygen atoms in total. The van der Waals surface area contributed by atoms with E-state index >= 15 is 0 Å². The van der Waals surface area contributed by atoms with E-state index in [0.29, 0.717) is 30.7 Å². The lowest BCUT2D eigenvalue weighted by Crippen LogP contribution is -2.43. The average Bonchev–Trinajstić information content (AvgIpc) is 2.65. The Morgan fingerprint density at radius 2 is 2.19 bits per heavy atom. The van der Waals surface area contributed by atoms with E-state index in [9.17, 15) is 9.90 Å². The highest BCUT2D eigenvalue weighted by molar-refractivity contribution is 5.75. The molecule has 6 heteroatoms. The van der Waals surface area contributed by atoms with E-state index in [2.05, 4.69) is 20.3 Å². The van der Waals surface area contributed by atoms with Crippen LogP contribution in [0.25, 0.3) is 0 Å². The molecule has 1 fully saturated rings. The minimum atomic E-state index is -0.753. The van der Waals surface area contributed by atoms with Gasteiger partial charge in [-0.3, -0.25) is 4.79 Å². The molecule has 2 rings (SSSR count). The molecule has 0 spiro atoms. The molecule has 0 amide bonds. The first-order chi connectivity index (χ1) is 7.64. The number of carboxylic acid groups (broad SMARTS) is 1. The molecule has 88 valence electrons. The molecule has 0 bridgehead atoms. The third-order valence-electron chi connectivity index (χ3n) is 3.27.